The number of benzene rings is 1. The van der Waals surface area contributed by atoms with Gasteiger partial charge in [0.2, 0.25) is 0 Å². The molecule has 2 nitrogen and oxygen atoms in total. The molecule has 2 aromatic rings. The van der Waals surface area contributed by atoms with Crippen LogP contribution in [0.1, 0.15) is 43.7 Å². The van der Waals surface area contributed by atoms with Crippen LogP contribution in [0.5, 0.6) is 0 Å². The summed E-state index contributed by atoms with van der Waals surface area (Å²) in [4.78, 5) is 3.34. The number of aryl methyl sites for hydroxylation is 1. The molecule has 0 radical (unpaired) electrons. The van der Waals surface area contributed by atoms with Crippen LogP contribution in [0.2, 0.25) is 0 Å². The normalized spacial score (nSPS) is 17.7. The summed E-state index contributed by atoms with van der Waals surface area (Å²) < 4.78 is 3.22. The van der Waals surface area contributed by atoms with Crippen molar-refractivity contribution in [1.82, 2.24) is 9.55 Å². The lowest BCUT2D eigenvalue weighted by atomic mass is 9.95. The van der Waals surface area contributed by atoms with Gasteiger partial charge in [0.25, 0.3) is 0 Å². The number of nitrogens with one attached hydrogen (secondary N) is 1. The van der Waals surface area contributed by atoms with E-state index in [1.807, 2.05) is 0 Å². The highest BCUT2D eigenvalue weighted by Gasteiger charge is 2.18. The minimum absolute atomic E-state index is 0.604. The van der Waals surface area contributed by atoms with Crippen LogP contribution in [0, 0.1) is 11.7 Å². The highest BCUT2D eigenvalue weighted by atomic mass is 32.1. The van der Waals surface area contributed by atoms with Gasteiger partial charge in [-0.05, 0) is 49.7 Å². The Hall–Kier alpha value is -1.09. The minimum Gasteiger partial charge on any atom is -0.331 e. The maximum atomic E-state index is 5.48. The number of fused-ring (bicyclic) bond motifs is 1. The molecule has 1 fully saturated rings. The van der Waals surface area contributed by atoms with Crippen molar-refractivity contribution < 1.29 is 0 Å². The summed E-state index contributed by atoms with van der Waals surface area (Å²) in [5.41, 5.74) is 3.73. The second-order valence-electron chi connectivity index (χ2n) is 5.11. The van der Waals surface area contributed by atoms with Crippen molar-refractivity contribution >= 4 is 23.3 Å². The molecule has 0 unspecified atom stereocenters. The molecule has 17 heavy (non-hydrogen) atoms. The number of aromatic amines is 1. The van der Waals surface area contributed by atoms with Gasteiger partial charge in [-0.1, -0.05) is 25.3 Å². The van der Waals surface area contributed by atoms with Crippen molar-refractivity contribution in [3.8, 4) is 0 Å². The number of hydrogen-bond acceptors (Lipinski definition) is 1. The highest BCUT2D eigenvalue weighted by Crippen LogP contribution is 2.31. The van der Waals surface area contributed by atoms with Gasteiger partial charge < -0.3 is 9.55 Å². The Labute approximate surface area is 107 Å². The lowest BCUT2D eigenvalue weighted by Crippen LogP contribution is -2.12. The minimum atomic E-state index is 0.604. The van der Waals surface area contributed by atoms with Gasteiger partial charge in [-0.2, -0.15) is 0 Å². The van der Waals surface area contributed by atoms with Crippen molar-refractivity contribution in [1.29, 1.82) is 0 Å². The SMILES string of the molecule is Cc1ccc2c(c1)[nH]c(=S)n2C1CCCCC1. The predicted octanol–water partition coefficient (Wildman–Crippen LogP) is 4.51. The lowest BCUT2D eigenvalue weighted by Gasteiger charge is -2.23. The summed E-state index contributed by atoms with van der Waals surface area (Å²) in [5.74, 6) is 0. The number of rotatable bonds is 1. The number of aromatic nitrogens is 2. The lowest BCUT2D eigenvalue weighted by molar-refractivity contribution is 0.357. The van der Waals surface area contributed by atoms with Crippen LogP contribution in [0.15, 0.2) is 18.2 Å². The molecule has 1 aliphatic carbocycles. The first-order chi connectivity index (χ1) is 8.25. The second kappa shape index (κ2) is 4.30. The molecule has 0 saturated heterocycles. The Kier molecular flexibility index (Phi) is 2.79. The molecular formula is C14H18N2S. The maximum Gasteiger partial charge on any atom is 0.178 e. The second-order valence-corrected chi connectivity index (χ2v) is 5.50. The van der Waals surface area contributed by atoms with Gasteiger partial charge in [0.1, 0.15) is 0 Å². The monoisotopic (exact) mass is 246 g/mol. The summed E-state index contributed by atoms with van der Waals surface area (Å²) in [6, 6.07) is 7.16. The Balaban J connectivity index is 2.14. The summed E-state index contributed by atoms with van der Waals surface area (Å²) in [5, 5.41) is 0. The third-order valence-electron chi connectivity index (χ3n) is 3.81. The average molecular weight is 246 g/mol. The van der Waals surface area contributed by atoms with Crippen LogP contribution in [0.3, 0.4) is 0 Å². The predicted molar refractivity (Wildman–Crippen MR) is 74.0 cm³/mol. The number of nitrogens with zero attached hydrogens (tertiary/aromatic N) is 1. The molecule has 1 saturated carbocycles. The summed E-state index contributed by atoms with van der Waals surface area (Å²) in [6.07, 6.45) is 6.60. The molecular weight excluding hydrogens is 228 g/mol. The first-order valence-electron chi connectivity index (χ1n) is 6.46. The molecule has 0 spiro atoms. The number of H-pyrrole nitrogens is 1. The van der Waals surface area contributed by atoms with Gasteiger partial charge in [-0.25, -0.2) is 0 Å². The standard InChI is InChI=1S/C14H18N2S/c1-10-7-8-13-12(9-10)15-14(17)16(13)11-5-3-2-4-6-11/h7-9,11H,2-6H2,1H3,(H,15,17). The molecule has 0 aliphatic heterocycles. The van der Waals surface area contributed by atoms with Crippen molar-refractivity contribution in [3.05, 3.63) is 28.5 Å². The molecule has 3 heteroatoms. The van der Waals surface area contributed by atoms with Crippen LogP contribution in [-0.4, -0.2) is 9.55 Å². The molecule has 1 aromatic carbocycles. The van der Waals surface area contributed by atoms with E-state index in [0.717, 1.165) is 4.77 Å². The van der Waals surface area contributed by atoms with Gasteiger partial charge in [0.15, 0.2) is 4.77 Å². The number of hydrogen-bond donors (Lipinski definition) is 1. The van der Waals surface area contributed by atoms with Crippen LogP contribution in [-0.2, 0) is 0 Å². The van der Waals surface area contributed by atoms with Crippen LogP contribution in [0.4, 0.5) is 0 Å². The molecule has 0 atom stereocenters. The van der Waals surface area contributed by atoms with Crippen LogP contribution < -0.4 is 0 Å². The van der Waals surface area contributed by atoms with Crippen molar-refractivity contribution in [3.63, 3.8) is 0 Å². The van der Waals surface area contributed by atoms with E-state index in [1.165, 1.54) is 48.7 Å². The zero-order valence-corrected chi connectivity index (χ0v) is 11.0. The molecule has 1 N–H and O–H groups in total. The molecule has 1 aliphatic rings. The third kappa shape index (κ3) is 1.93. The third-order valence-corrected chi connectivity index (χ3v) is 4.11. The quantitative estimate of drug-likeness (QED) is 0.734. The van der Waals surface area contributed by atoms with E-state index < -0.39 is 0 Å². The van der Waals surface area contributed by atoms with Gasteiger partial charge >= 0.3 is 0 Å². The van der Waals surface area contributed by atoms with Crippen molar-refractivity contribution in [2.75, 3.05) is 0 Å². The first kappa shape index (κ1) is 11.0. The molecule has 0 bridgehead atoms. The van der Waals surface area contributed by atoms with E-state index in [4.69, 9.17) is 12.2 Å². The molecule has 90 valence electrons. The van der Waals surface area contributed by atoms with E-state index in [9.17, 15) is 0 Å². The van der Waals surface area contributed by atoms with Gasteiger partial charge in [-0.3, -0.25) is 0 Å². The van der Waals surface area contributed by atoms with Crippen LogP contribution >= 0.6 is 12.2 Å². The zero-order valence-electron chi connectivity index (χ0n) is 10.2. The largest absolute Gasteiger partial charge is 0.331 e. The topological polar surface area (TPSA) is 20.7 Å². The Morgan fingerprint density at radius 2 is 2.00 bits per heavy atom. The smallest absolute Gasteiger partial charge is 0.178 e. The summed E-state index contributed by atoms with van der Waals surface area (Å²) >= 11 is 5.48. The Morgan fingerprint density at radius 3 is 2.76 bits per heavy atom. The van der Waals surface area contributed by atoms with Crippen molar-refractivity contribution in [2.24, 2.45) is 0 Å². The molecule has 1 aromatic heterocycles. The van der Waals surface area contributed by atoms with Crippen molar-refractivity contribution in [2.45, 2.75) is 45.1 Å². The summed E-state index contributed by atoms with van der Waals surface area (Å²) in [7, 11) is 0. The highest BCUT2D eigenvalue weighted by molar-refractivity contribution is 7.71. The van der Waals surface area contributed by atoms with E-state index in [1.54, 1.807) is 0 Å². The van der Waals surface area contributed by atoms with E-state index >= 15 is 0 Å². The molecule has 3 rings (SSSR count). The fourth-order valence-electron chi connectivity index (χ4n) is 2.95. The van der Waals surface area contributed by atoms with Gasteiger partial charge in [0.05, 0.1) is 11.0 Å². The Bertz CT molecular complexity index is 588. The van der Waals surface area contributed by atoms with E-state index in [0.29, 0.717) is 6.04 Å². The van der Waals surface area contributed by atoms with Gasteiger partial charge in [0, 0.05) is 6.04 Å². The first-order valence-corrected chi connectivity index (χ1v) is 6.87. The zero-order chi connectivity index (χ0) is 11.8. The van der Waals surface area contributed by atoms with E-state index in [-0.39, 0.29) is 0 Å². The molecule has 0 amide bonds. The Morgan fingerprint density at radius 1 is 1.24 bits per heavy atom. The average Bonchev–Trinajstić information content (AvgIpc) is 2.65. The number of imidazole rings is 1. The van der Waals surface area contributed by atoms with Gasteiger partial charge in [-0.15, -0.1) is 0 Å². The maximum absolute atomic E-state index is 5.48. The molecule has 1 heterocycles. The summed E-state index contributed by atoms with van der Waals surface area (Å²) in [6.45, 7) is 2.12. The fourth-order valence-corrected chi connectivity index (χ4v) is 3.30. The van der Waals surface area contributed by atoms with E-state index in [2.05, 4.69) is 34.7 Å². The van der Waals surface area contributed by atoms with Crippen LogP contribution in [0.25, 0.3) is 11.0 Å². The fraction of sp³-hybridized carbons (Fsp3) is 0.500.